The van der Waals surface area contributed by atoms with Gasteiger partial charge in [-0.2, -0.15) is 13.2 Å². The van der Waals surface area contributed by atoms with Crippen molar-refractivity contribution in [3.05, 3.63) is 52.6 Å². The van der Waals surface area contributed by atoms with Gasteiger partial charge in [0.05, 0.1) is 16.1 Å². The summed E-state index contributed by atoms with van der Waals surface area (Å²) in [5.41, 5.74) is -0.999. The van der Waals surface area contributed by atoms with E-state index in [1.165, 1.54) is 4.90 Å². The Bertz CT molecular complexity index is 731. The third kappa shape index (κ3) is 3.40. The minimum absolute atomic E-state index is 0.0214. The summed E-state index contributed by atoms with van der Waals surface area (Å²) in [6.07, 6.45) is 0.457. The minimum Gasteiger partial charge on any atom is -0.348 e. The SMILES string of the molecule is O=C(c1cc(C(F)(F)F)ccc1Cl)N1CCC[C@@H](c2ncc[nH]2)C1. The molecule has 0 spiro atoms. The number of rotatable bonds is 2. The van der Waals surface area contributed by atoms with Crippen LogP contribution in [0.25, 0.3) is 0 Å². The van der Waals surface area contributed by atoms with E-state index in [-0.39, 0.29) is 16.5 Å². The summed E-state index contributed by atoms with van der Waals surface area (Å²) in [4.78, 5) is 21.4. The van der Waals surface area contributed by atoms with Gasteiger partial charge in [-0.25, -0.2) is 4.98 Å². The van der Waals surface area contributed by atoms with Crippen LogP contribution in [0.4, 0.5) is 13.2 Å². The van der Waals surface area contributed by atoms with Crippen molar-refractivity contribution in [2.75, 3.05) is 13.1 Å². The van der Waals surface area contributed by atoms with Gasteiger partial charge in [0, 0.05) is 31.4 Å². The molecule has 4 nitrogen and oxygen atoms in total. The van der Waals surface area contributed by atoms with E-state index < -0.39 is 17.6 Å². The molecule has 24 heavy (non-hydrogen) atoms. The molecule has 0 aliphatic carbocycles. The summed E-state index contributed by atoms with van der Waals surface area (Å²) in [6.45, 7) is 0.890. The van der Waals surface area contributed by atoms with E-state index in [0.29, 0.717) is 13.1 Å². The van der Waals surface area contributed by atoms with Gasteiger partial charge in [0.1, 0.15) is 5.82 Å². The molecule has 0 bridgehead atoms. The maximum Gasteiger partial charge on any atom is 0.416 e. The Morgan fingerprint density at radius 2 is 2.17 bits per heavy atom. The normalized spacial score (nSPS) is 18.7. The van der Waals surface area contributed by atoms with E-state index in [1.807, 2.05) is 0 Å². The van der Waals surface area contributed by atoms with Gasteiger partial charge in [0.25, 0.3) is 5.91 Å². The number of alkyl halides is 3. The van der Waals surface area contributed by atoms with Gasteiger partial charge in [0.2, 0.25) is 0 Å². The monoisotopic (exact) mass is 357 g/mol. The molecule has 1 amide bonds. The van der Waals surface area contributed by atoms with Crippen molar-refractivity contribution in [1.29, 1.82) is 0 Å². The van der Waals surface area contributed by atoms with E-state index in [4.69, 9.17) is 11.6 Å². The third-order valence-corrected chi connectivity index (χ3v) is 4.47. The van der Waals surface area contributed by atoms with Gasteiger partial charge in [-0.1, -0.05) is 11.6 Å². The molecule has 1 aromatic heterocycles. The Balaban J connectivity index is 1.83. The van der Waals surface area contributed by atoms with E-state index in [9.17, 15) is 18.0 Å². The lowest BCUT2D eigenvalue weighted by Gasteiger charge is -2.32. The fourth-order valence-electron chi connectivity index (χ4n) is 2.92. The number of H-pyrrole nitrogens is 1. The van der Waals surface area contributed by atoms with Gasteiger partial charge in [-0.15, -0.1) is 0 Å². The molecule has 3 rings (SSSR count). The number of aromatic amines is 1. The molecule has 0 radical (unpaired) electrons. The highest BCUT2D eigenvalue weighted by Crippen LogP contribution is 2.33. The Kier molecular flexibility index (Phi) is 4.54. The summed E-state index contributed by atoms with van der Waals surface area (Å²) < 4.78 is 38.6. The Hall–Kier alpha value is -2.02. The van der Waals surface area contributed by atoms with Crippen LogP contribution >= 0.6 is 11.6 Å². The van der Waals surface area contributed by atoms with Crippen molar-refractivity contribution in [2.24, 2.45) is 0 Å². The van der Waals surface area contributed by atoms with Crippen molar-refractivity contribution in [3.63, 3.8) is 0 Å². The first-order valence-electron chi connectivity index (χ1n) is 7.51. The number of likely N-dealkylation sites (tertiary alicyclic amines) is 1. The highest BCUT2D eigenvalue weighted by Gasteiger charge is 2.33. The van der Waals surface area contributed by atoms with E-state index >= 15 is 0 Å². The van der Waals surface area contributed by atoms with Crippen molar-refractivity contribution in [2.45, 2.75) is 24.9 Å². The molecule has 1 fully saturated rings. The van der Waals surface area contributed by atoms with Gasteiger partial charge >= 0.3 is 6.18 Å². The average molecular weight is 358 g/mol. The van der Waals surface area contributed by atoms with Gasteiger partial charge in [-0.05, 0) is 31.0 Å². The van der Waals surface area contributed by atoms with Crippen LogP contribution in [-0.4, -0.2) is 33.9 Å². The number of carbonyl (C=O) groups excluding carboxylic acids is 1. The Morgan fingerprint density at radius 3 is 2.83 bits per heavy atom. The number of imidazole rings is 1. The van der Waals surface area contributed by atoms with Crippen molar-refractivity contribution >= 4 is 17.5 Å². The fourth-order valence-corrected chi connectivity index (χ4v) is 3.12. The number of hydrogen-bond acceptors (Lipinski definition) is 2. The third-order valence-electron chi connectivity index (χ3n) is 4.14. The number of carbonyl (C=O) groups is 1. The molecule has 0 saturated carbocycles. The molecule has 2 aromatic rings. The lowest BCUT2D eigenvalue weighted by molar-refractivity contribution is -0.137. The van der Waals surface area contributed by atoms with Crippen LogP contribution in [0.3, 0.4) is 0 Å². The lowest BCUT2D eigenvalue weighted by Crippen LogP contribution is -2.39. The van der Waals surface area contributed by atoms with Crippen LogP contribution in [0.15, 0.2) is 30.6 Å². The first-order chi connectivity index (χ1) is 11.4. The van der Waals surface area contributed by atoms with Gasteiger partial charge < -0.3 is 9.88 Å². The molecule has 1 aromatic carbocycles. The largest absolute Gasteiger partial charge is 0.416 e. The Labute approximate surface area is 141 Å². The number of nitrogens with zero attached hydrogens (tertiary/aromatic N) is 2. The first-order valence-corrected chi connectivity index (χ1v) is 7.89. The van der Waals surface area contributed by atoms with Crippen molar-refractivity contribution < 1.29 is 18.0 Å². The molecule has 1 atom stereocenters. The quantitative estimate of drug-likeness (QED) is 0.879. The number of nitrogens with one attached hydrogen (secondary N) is 1. The van der Waals surface area contributed by atoms with Crippen LogP contribution in [0.1, 0.15) is 40.5 Å². The predicted molar refractivity (Wildman–Crippen MR) is 82.9 cm³/mol. The first kappa shape index (κ1) is 16.8. The van der Waals surface area contributed by atoms with E-state index in [0.717, 1.165) is 36.9 Å². The molecule has 1 aliphatic heterocycles. The molecule has 2 heterocycles. The number of hydrogen-bond donors (Lipinski definition) is 1. The van der Waals surface area contributed by atoms with Crippen molar-refractivity contribution in [3.8, 4) is 0 Å². The molecule has 8 heteroatoms. The molecule has 128 valence electrons. The lowest BCUT2D eigenvalue weighted by atomic mass is 9.96. The summed E-state index contributed by atoms with van der Waals surface area (Å²) in [7, 11) is 0. The highest BCUT2D eigenvalue weighted by atomic mass is 35.5. The van der Waals surface area contributed by atoms with Gasteiger partial charge in [-0.3, -0.25) is 4.79 Å². The van der Waals surface area contributed by atoms with Crippen LogP contribution in [0.2, 0.25) is 5.02 Å². The number of amides is 1. The van der Waals surface area contributed by atoms with Crippen LogP contribution < -0.4 is 0 Å². The molecule has 0 unspecified atom stereocenters. The second kappa shape index (κ2) is 6.47. The average Bonchev–Trinajstić information content (AvgIpc) is 3.08. The van der Waals surface area contributed by atoms with E-state index in [2.05, 4.69) is 9.97 Å². The van der Waals surface area contributed by atoms with Gasteiger partial charge in [0.15, 0.2) is 0 Å². The zero-order chi connectivity index (χ0) is 17.3. The van der Waals surface area contributed by atoms with Crippen molar-refractivity contribution in [1.82, 2.24) is 14.9 Å². The molecule has 1 N–H and O–H groups in total. The molecular formula is C16H15ClF3N3O. The molecule has 1 saturated heterocycles. The van der Waals surface area contributed by atoms with Crippen LogP contribution in [0.5, 0.6) is 0 Å². The van der Waals surface area contributed by atoms with E-state index in [1.54, 1.807) is 12.4 Å². The zero-order valence-electron chi connectivity index (χ0n) is 12.6. The number of piperidine rings is 1. The highest BCUT2D eigenvalue weighted by molar-refractivity contribution is 6.33. The summed E-state index contributed by atoms with van der Waals surface area (Å²) in [6, 6.07) is 2.81. The zero-order valence-corrected chi connectivity index (χ0v) is 13.4. The summed E-state index contributed by atoms with van der Waals surface area (Å²) in [5, 5.41) is 0.0214. The standard InChI is InChI=1S/C16H15ClF3N3O/c17-13-4-3-11(16(18,19)20)8-12(13)15(24)23-7-1-2-10(9-23)14-21-5-6-22-14/h3-6,8,10H,1-2,7,9H2,(H,21,22)/t10-/m1/s1. The maximum atomic E-state index is 12.9. The number of aromatic nitrogens is 2. The summed E-state index contributed by atoms with van der Waals surface area (Å²) >= 11 is 5.96. The topological polar surface area (TPSA) is 49.0 Å². The maximum absolute atomic E-state index is 12.9. The number of benzene rings is 1. The summed E-state index contributed by atoms with van der Waals surface area (Å²) in [5.74, 6) is 0.340. The molecule has 1 aliphatic rings. The van der Waals surface area contributed by atoms with Crippen LogP contribution in [0, 0.1) is 0 Å². The molecular weight excluding hydrogens is 343 g/mol. The fraction of sp³-hybridized carbons (Fsp3) is 0.375. The smallest absolute Gasteiger partial charge is 0.348 e. The predicted octanol–water partition coefficient (Wildman–Crippen LogP) is 4.10. The number of halogens is 4. The Morgan fingerprint density at radius 1 is 1.38 bits per heavy atom. The minimum atomic E-state index is -4.52. The second-order valence-corrected chi connectivity index (χ2v) is 6.16. The van der Waals surface area contributed by atoms with Crippen LogP contribution in [-0.2, 0) is 6.18 Å². The second-order valence-electron chi connectivity index (χ2n) is 5.76.